The zero-order valence-corrected chi connectivity index (χ0v) is 11.0. The normalized spacial score (nSPS) is 11.6. The fraction of sp³-hybridized carbons (Fsp3) is 0.571. The van der Waals surface area contributed by atoms with Gasteiger partial charge in [0.05, 0.1) is 0 Å². The number of hydrogen-bond donors (Lipinski definition) is 1. The van der Waals surface area contributed by atoms with Crippen molar-refractivity contribution < 1.29 is 0 Å². The first-order valence-electron chi connectivity index (χ1n) is 6.01. The van der Waals surface area contributed by atoms with Crippen molar-refractivity contribution in [1.82, 2.24) is 0 Å². The number of likely N-dealkylation sites (N-methyl/N-ethyl adjacent to an activating group) is 1. The Bertz CT molecular complexity index is 309. The van der Waals surface area contributed by atoms with Crippen molar-refractivity contribution in [3.63, 3.8) is 0 Å². The highest BCUT2D eigenvalue weighted by molar-refractivity contribution is 5.47. The Morgan fingerprint density at radius 1 is 1.19 bits per heavy atom. The molecule has 0 fully saturated rings. The zero-order valence-electron chi connectivity index (χ0n) is 11.0. The van der Waals surface area contributed by atoms with Crippen LogP contribution in [0.3, 0.4) is 0 Å². The minimum absolute atomic E-state index is 0.156. The lowest BCUT2D eigenvalue weighted by atomic mass is 10.1. The standard InChI is InChI=1S/C14H24N2/c1-5-6-12-7-9-13(10-8-12)16(4)11-14(2,3)15/h7-10H,5-6,11,15H2,1-4H3. The van der Waals surface area contributed by atoms with Crippen LogP contribution in [0, 0.1) is 0 Å². The van der Waals surface area contributed by atoms with Gasteiger partial charge in [-0.2, -0.15) is 0 Å². The molecule has 0 amide bonds. The minimum atomic E-state index is -0.156. The van der Waals surface area contributed by atoms with E-state index in [0.717, 1.165) is 13.0 Å². The Morgan fingerprint density at radius 3 is 2.19 bits per heavy atom. The van der Waals surface area contributed by atoms with Gasteiger partial charge in [-0.3, -0.25) is 0 Å². The highest BCUT2D eigenvalue weighted by Crippen LogP contribution is 2.16. The molecule has 1 aromatic carbocycles. The van der Waals surface area contributed by atoms with Gasteiger partial charge in [-0.25, -0.2) is 0 Å². The van der Waals surface area contributed by atoms with Crippen LogP contribution < -0.4 is 10.6 Å². The second kappa shape index (κ2) is 5.35. The molecule has 0 aromatic heterocycles. The van der Waals surface area contributed by atoms with Crippen molar-refractivity contribution in [3.05, 3.63) is 29.8 Å². The van der Waals surface area contributed by atoms with E-state index >= 15 is 0 Å². The van der Waals surface area contributed by atoms with Crippen LogP contribution in [0.5, 0.6) is 0 Å². The number of nitrogens with two attached hydrogens (primary N) is 1. The molecule has 2 heteroatoms. The van der Waals surface area contributed by atoms with E-state index in [1.165, 1.54) is 17.7 Å². The lowest BCUT2D eigenvalue weighted by molar-refractivity contribution is 0.519. The van der Waals surface area contributed by atoms with E-state index < -0.39 is 0 Å². The van der Waals surface area contributed by atoms with E-state index in [1.54, 1.807) is 0 Å². The van der Waals surface area contributed by atoms with Crippen LogP contribution >= 0.6 is 0 Å². The van der Waals surface area contributed by atoms with E-state index in [-0.39, 0.29) is 5.54 Å². The van der Waals surface area contributed by atoms with Gasteiger partial charge in [-0.05, 0) is 38.0 Å². The van der Waals surface area contributed by atoms with E-state index in [0.29, 0.717) is 0 Å². The second-order valence-corrected chi connectivity index (χ2v) is 5.26. The molecule has 0 aliphatic carbocycles. The molecule has 0 saturated heterocycles. The number of nitrogens with zero attached hydrogens (tertiary/aromatic N) is 1. The summed E-state index contributed by atoms with van der Waals surface area (Å²) < 4.78 is 0. The lowest BCUT2D eigenvalue weighted by Crippen LogP contribution is -2.44. The molecule has 0 unspecified atom stereocenters. The summed E-state index contributed by atoms with van der Waals surface area (Å²) in [4.78, 5) is 2.20. The molecule has 0 radical (unpaired) electrons. The molecule has 0 saturated carbocycles. The van der Waals surface area contributed by atoms with E-state index in [2.05, 4.69) is 57.0 Å². The molecule has 0 aliphatic rings. The Labute approximate surface area is 99.5 Å². The molecule has 16 heavy (non-hydrogen) atoms. The fourth-order valence-corrected chi connectivity index (χ4v) is 1.91. The lowest BCUT2D eigenvalue weighted by Gasteiger charge is -2.28. The van der Waals surface area contributed by atoms with Crippen LogP contribution in [-0.2, 0) is 6.42 Å². The largest absolute Gasteiger partial charge is 0.373 e. The van der Waals surface area contributed by atoms with Crippen LogP contribution in [0.1, 0.15) is 32.8 Å². The summed E-state index contributed by atoms with van der Waals surface area (Å²) in [6.07, 6.45) is 2.36. The van der Waals surface area contributed by atoms with Crippen LogP contribution in [0.25, 0.3) is 0 Å². The molecule has 0 atom stereocenters. The summed E-state index contributed by atoms with van der Waals surface area (Å²) in [6, 6.07) is 8.77. The molecule has 0 bridgehead atoms. The third kappa shape index (κ3) is 4.23. The number of hydrogen-bond acceptors (Lipinski definition) is 2. The zero-order chi connectivity index (χ0) is 12.2. The topological polar surface area (TPSA) is 29.3 Å². The maximum absolute atomic E-state index is 6.01. The summed E-state index contributed by atoms with van der Waals surface area (Å²) in [5.41, 5.74) is 8.50. The van der Waals surface area contributed by atoms with Gasteiger partial charge in [0.25, 0.3) is 0 Å². The van der Waals surface area contributed by atoms with Crippen LogP contribution in [0.15, 0.2) is 24.3 Å². The quantitative estimate of drug-likeness (QED) is 0.826. The number of benzene rings is 1. The van der Waals surface area contributed by atoms with Crippen LogP contribution in [0.2, 0.25) is 0 Å². The first kappa shape index (κ1) is 13.0. The van der Waals surface area contributed by atoms with Crippen molar-refractivity contribution in [1.29, 1.82) is 0 Å². The molecule has 2 N–H and O–H groups in total. The van der Waals surface area contributed by atoms with Gasteiger partial charge in [0.15, 0.2) is 0 Å². The van der Waals surface area contributed by atoms with E-state index in [9.17, 15) is 0 Å². The van der Waals surface area contributed by atoms with Crippen molar-refractivity contribution >= 4 is 5.69 Å². The first-order chi connectivity index (χ1) is 7.42. The second-order valence-electron chi connectivity index (χ2n) is 5.26. The van der Waals surface area contributed by atoms with Gasteiger partial charge in [0.1, 0.15) is 0 Å². The highest BCUT2D eigenvalue weighted by atomic mass is 15.1. The van der Waals surface area contributed by atoms with Crippen molar-refractivity contribution in [2.45, 2.75) is 39.2 Å². The Hall–Kier alpha value is -1.02. The molecule has 1 aromatic rings. The molecule has 0 aliphatic heterocycles. The monoisotopic (exact) mass is 220 g/mol. The van der Waals surface area contributed by atoms with Gasteiger partial charge < -0.3 is 10.6 Å². The molecule has 1 rings (SSSR count). The predicted octanol–water partition coefficient (Wildman–Crippen LogP) is 2.81. The Morgan fingerprint density at radius 2 is 1.75 bits per heavy atom. The summed E-state index contributed by atoms with van der Waals surface area (Å²) in [6.45, 7) is 7.17. The number of aryl methyl sites for hydroxylation is 1. The van der Waals surface area contributed by atoms with Crippen molar-refractivity contribution in [2.75, 3.05) is 18.5 Å². The molecule has 0 heterocycles. The van der Waals surface area contributed by atoms with E-state index in [4.69, 9.17) is 5.73 Å². The van der Waals surface area contributed by atoms with Gasteiger partial charge >= 0.3 is 0 Å². The Kier molecular flexibility index (Phi) is 4.36. The summed E-state index contributed by atoms with van der Waals surface area (Å²) >= 11 is 0. The van der Waals surface area contributed by atoms with E-state index in [1.807, 2.05) is 0 Å². The van der Waals surface area contributed by atoms with Gasteiger partial charge in [-0.1, -0.05) is 25.5 Å². The van der Waals surface area contributed by atoms with Crippen molar-refractivity contribution in [2.24, 2.45) is 5.73 Å². The third-order valence-corrected chi connectivity index (χ3v) is 2.56. The fourth-order valence-electron chi connectivity index (χ4n) is 1.91. The van der Waals surface area contributed by atoms with Gasteiger partial charge in [-0.15, -0.1) is 0 Å². The highest BCUT2D eigenvalue weighted by Gasteiger charge is 2.13. The van der Waals surface area contributed by atoms with Crippen LogP contribution in [0.4, 0.5) is 5.69 Å². The van der Waals surface area contributed by atoms with Gasteiger partial charge in [0, 0.05) is 24.8 Å². The maximum atomic E-state index is 6.01. The van der Waals surface area contributed by atoms with Crippen LogP contribution in [-0.4, -0.2) is 19.1 Å². The summed E-state index contributed by atoms with van der Waals surface area (Å²) in [5.74, 6) is 0. The molecule has 2 nitrogen and oxygen atoms in total. The number of anilines is 1. The average Bonchev–Trinajstić information content (AvgIpc) is 2.16. The predicted molar refractivity (Wildman–Crippen MR) is 72.0 cm³/mol. The minimum Gasteiger partial charge on any atom is -0.373 e. The molecule has 0 spiro atoms. The molecule has 90 valence electrons. The summed E-state index contributed by atoms with van der Waals surface area (Å²) in [5, 5.41) is 0. The maximum Gasteiger partial charge on any atom is 0.0364 e. The summed E-state index contributed by atoms with van der Waals surface area (Å²) in [7, 11) is 2.09. The number of rotatable bonds is 5. The smallest absolute Gasteiger partial charge is 0.0364 e. The molecular formula is C14H24N2. The van der Waals surface area contributed by atoms with Gasteiger partial charge in [0.2, 0.25) is 0 Å². The van der Waals surface area contributed by atoms with Crippen molar-refractivity contribution in [3.8, 4) is 0 Å². The average molecular weight is 220 g/mol. The first-order valence-corrected chi connectivity index (χ1v) is 6.01. The molecular weight excluding hydrogens is 196 g/mol. The third-order valence-electron chi connectivity index (χ3n) is 2.56. The Balaban J connectivity index is 2.66. The SMILES string of the molecule is CCCc1ccc(N(C)CC(C)(C)N)cc1.